The van der Waals surface area contributed by atoms with Crippen molar-refractivity contribution < 1.29 is 14.3 Å². The number of thiazole rings is 1. The van der Waals surface area contributed by atoms with E-state index in [2.05, 4.69) is 4.98 Å². The van der Waals surface area contributed by atoms with Crippen LogP contribution >= 0.6 is 11.3 Å². The lowest BCUT2D eigenvalue weighted by atomic mass is 10.1. The third kappa shape index (κ3) is 4.66. The molecular formula is C19H24N2O3S. The molecule has 1 fully saturated rings. The van der Waals surface area contributed by atoms with E-state index in [0.29, 0.717) is 11.7 Å². The van der Waals surface area contributed by atoms with E-state index in [0.717, 1.165) is 37.3 Å². The molecule has 1 aliphatic heterocycles. The van der Waals surface area contributed by atoms with Gasteiger partial charge in [-0.05, 0) is 45.2 Å². The van der Waals surface area contributed by atoms with E-state index in [1.807, 2.05) is 42.6 Å². The number of aromatic nitrogens is 1. The molecule has 3 rings (SSSR count). The molecule has 1 aromatic heterocycles. The van der Waals surface area contributed by atoms with Gasteiger partial charge in [0.05, 0.1) is 24.1 Å². The lowest BCUT2D eigenvalue weighted by molar-refractivity contribution is -0.132. The molecule has 1 aromatic carbocycles. The maximum absolute atomic E-state index is 13.1. The minimum atomic E-state index is -0.560. The maximum atomic E-state index is 13.1. The van der Waals surface area contributed by atoms with Gasteiger partial charge in [0.25, 0.3) is 5.91 Å². The fourth-order valence-corrected chi connectivity index (χ4v) is 3.62. The topological polar surface area (TPSA) is 51.7 Å². The van der Waals surface area contributed by atoms with Crippen molar-refractivity contribution in [2.75, 3.05) is 18.1 Å². The van der Waals surface area contributed by atoms with E-state index in [1.54, 1.807) is 11.8 Å². The summed E-state index contributed by atoms with van der Waals surface area (Å²) in [6, 6.07) is 9.58. The van der Waals surface area contributed by atoms with Gasteiger partial charge in [-0.3, -0.25) is 9.69 Å². The van der Waals surface area contributed by atoms with Crippen molar-refractivity contribution in [2.45, 2.75) is 45.3 Å². The van der Waals surface area contributed by atoms with Gasteiger partial charge in [0.15, 0.2) is 5.13 Å². The van der Waals surface area contributed by atoms with Crippen LogP contribution in [0, 0.1) is 6.92 Å². The number of hydrogen-bond donors (Lipinski definition) is 0. The van der Waals surface area contributed by atoms with Crippen molar-refractivity contribution in [3.8, 4) is 0 Å². The van der Waals surface area contributed by atoms with Crippen molar-refractivity contribution in [3.05, 3.63) is 41.4 Å². The summed E-state index contributed by atoms with van der Waals surface area (Å²) in [6.07, 6.45) is 2.79. The van der Waals surface area contributed by atoms with Crippen LogP contribution in [0.1, 0.15) is 31.9 Å². The lowest BCUT2D eigenvalue weighted by Crippen LogP contribution is -2.38. The Morgan fingerprint density at radius 2 is 2.20 bits per heavy atom. The number of amides is 1. The quantitative estimate of drug-likeness (QED) is 0.778. The third-order valence-corrected chi connectivity index (χ3v) is 5.13. The number of ether oxygens (including phenoxy) is 2. The minimum absolute atomic E-state index is 0.0938. The standard InChI is InChI=1S/C19H24N2O3S/c1-14-13-25-19(20-14)21(16-8-4-3-5-9-16)18(22)15(2)24-12-17-10-6-7-11-23-17/h3-5,8-9,13,15,17H,6-7,10-12H2,1-2H3. The van der Waals surface area contributed by atoms with Gasteiger partial charge >= 0.3 is 0 Å². The first-order valence-electron chi connectivity index (χ1n) is 8.69. The molecule has 6 heteroatoms. The van der Waals surface area contributed by atoms with Crippen LogP contribution in [0.5, 0.6) is 0 Å². The number of carbonyl (C=O) groups is 1. The molecule has 2 aromatic rings. The highest BCUT2D eigenvalue weighted by Crippen LogP contribution is 2.29. The van der Waals surface area contributed by atoms with Crippen LogP contribution in [-0.2, 0) is 14.3 Å². The predicted octanol–water partition coefficient (Wildman–Crippen LogP) is 4.09. The maximum Gasteiger partial charge on any atom is 0.262 e. The molecule has 0 N–H and O–H groups in total. The van der Waals surface area contributed by atoms with Gasteiger partial charge in [-0.2, -0.15) is 0 Å². The number of nitrogens with zero attached hydrogens (tertiary/aromatic N) is 2. The van der Waals surface area contributed by atoms with Crippen molar-refractivity contribution >= 4 is 28.1 Å². The number of anilines is 2. The average molecular weight is 360 g/mol. The number of hydrogen-bond acceptors (Lipinski definition) is 5. The zero-order chi connectivity index (χ0) is 17.6. The van der Waals surface area contributed by atoms with E-state index in [9.17, 15) is 4.79 Å². The summed E-state index contributed by atoms with van der Waals surface area (Å²) in [7, 11) is 0. The summed E-state index contributed by atoms with van der Waals surface area (Å²) < 4.78 is 11.5. The second kappa shape index (κ2) is 8.56. The summed E-state index contributed by atoms with van der Waals surface area (Å²) in [4.78, 5) is 19.2. The number of para-hydroxylation sites is 1. The van der Waals surface area contributed by atoms with Crippen molar-refractivity contribution in [1.29, 1.82) is 0 Å². The van der Waals surface area contributed by atoms with Crippen LogP contribution in [0.15, 0.2) is 35.7 Å². The molecule has 2 unspecified atom stereocenters. The molecule has 1 aliphatic rings. The van der Waals surface area contributed by atoms with E-state index in [1.165, 1.54) is 11.3 Å². The van der Waals surface area contributed by atoms with E-state index < -0.39 is 6.10 Å². The van der Waals surface area contributed by atoms with Gasteiger partial charge < -0.3 is 9.47 Å². The molecule has 0 bridgehead atoms. The smallest absolute Gasteiger partial charge is 0.262 e. The highest BCUT2D eigenvalue weighted by Gasteiger charge is 2.27. The first kappa shape index (κ1) is 18.0. The molecular weight excluding hydrogens is 336 g/mol. The van der Waals surface area contributed by atoms with E-state index >= 15 is 0 Å². The van der Waals surface area contributed by atoms with Crippen LogP contribution in [0.3, 0.4) is 0 Å². The minimum Gasteiger partial charge on any atom is -0.376 e. The number of carbonyl (C=O) groups excluding carboxylic acids is 1. The molecule has 25 heavy (non-hydrogen) atoms. The van der Waals surface area contributed by atoms with Crippen LogP contribution < -0.4 is 4.90 Å². The fraction of sp³-hybridized carbons (Fsp3) is 0.474. The van der Waals surface area contributed by atoms with Crippen LogP contribution in [0.4, 0.5) is 10.8 Å². The second-order valence-electron chi connectivity index (χ2n) is 6.24. The molecule has 0 saturated carbocycles. The Bertz CT molecular complexity index is 683. The molecule has 0 radical (unpaired) electrons. The monoisotopic (exact) mass is 360 g/mol. The second-order valence-corrected chi connectivity index (χ2v) is 7.08. The van der Waals surface area contributed by atoms with Crippen molar-refractivity contribution in [2.24, 2.45) is 0 Å². The Morgan fingerprint density at radius 3 is 2.84 bits per heavy atom. The summed E-state index contributed by atoms with van der Waals surface area (Å²) in [6.45, 7) is 4.95. The van der Waals surface area contributed by atoms with Gasteiger partial charge in [-0.25, -0.2) is 4.98 Å². The highest BCUT2D eigenvalue weighted by molar-refractivity contribution is 7.14. The summed E-state index contributed by atoms with van der Waals surface area (Å²) in [5.41, 5.74) is 1.70. The number of benzene rings is 1. The molecule has 2 atom stereocenters. The fourth-order valence-electron chi connectivity index (χ4n) is 2.80. The molecule has 134 valence electrons. The first-order valence-corrected chi connectivity index (χ1v) is 9.57. The van der Waals surface area contributed by atoms with E-state index in [-0.39, 0.29) is 12.0 Å². The van der Waals surface area contributed by atoms with Gasteiger partial charge in [-0.15, -0.1) is 11.3 Å². The van der Waals surface area contributed by atoms with Crippen LogP contribution in [-0.4, -0.2) is 36.3 Å². The molecule has 2 heterocycles. The third-order valence-electron chi connectivity index (χ3n) is 4.19. The van der Waals surface area contributed by atoms with E-state index in [4.69, 9.17) is 9.47 Å². The molecule has 0 aliphatic carbocycles. The van der Waals surface area contributed by atoms with Gasteiger partial charge in [-0.1, -0.05) is 18.2 Å². The summed E-state index contributed by atoms with van der Waals surface area (Å²) in [5.74, 6) is -0.114. The first-order chi connectivity index (χ1) is 12.1. The lowest BCUT2D eigenvalue weighted by Gasteiger charge is -2.26. The molecule has 5 nitrogen and oxygen atoms in total. The number of aryl methyl sites for hydroxylation is 1. The van der Waals surface area contributed by atoms with Crippen molar-refractivity contribution in [1.82, 2.24) is 4.98 Å². The SMILES string of the molecule is Cc1csc(N(C(=O)C(C)OCC2CCCCO2)c2ccccc2)n1. The molecule has 1 amide bonds. The normalized spacial score (nSPS) is 18.7. The zero-order valence-electron chi connectivity index (χ0n) is 14.7. The number of rotatable bonds is 6. The average Bonchev–Trinajstić information content (AvgIpc) is 3.07. The Kier molecular flexibility index (Phi) is 6.18. The Hall–Kier alpha value is -1.76. The Labute approximate surface area is 152 Å². The van der Waals surface area contributed by atoms with Crippen LogP contribution in [0.25, 0.3) is 0 Å². The largest absolute Gasteiger partial charge is 0.376 e. The Balaban J connectivity index is 1.72. The Morgan fingerprint density at radius 1 is 1.40 bits per heavy atom. The molecule has 0 spiro atoms. The zero-order valence-corrected chi connectivity index (χ0v) is 15.5. The summed E-state index contributed by atoms with van der Waals surface area (Å²) in [5, 5.41) is 2.61. The van der Waals surface area contributed by atoms with Gasteiger partial charge in [0.1, 0.15) is 6.10 Å². The molecule has 1 saturated heterocycles. The van der Waals surface area contributed by atoms with Gasteiger partial charge in [0, 0.05) is 12.0 Å². The van der Waals surface area contributed by atoms with Crippen LogP contribution in [0.2, 0.25) is 0 Å². The summed E-state index contributed by atoms with van der Waals surface area (Å²) >= 11 is 1.46. The van der Waals surface area contributed by atoms with Gasteiger partial charge in [0.2, 0.25) is 0 Å². The predicted molar refractivity (Wildman–Crippen MR) is 99.4 cm³/mol. The highest BCUT2D eigenvalue weighted by atomic mass is 32.1. The van der Waals surface area contributed by atoms with Crippen molar-refractivity contribution in [3.63, 3.8) is 0 Å².